The van der Waals surface area contributed by atoms with Gasteiger partial charge in [-0.3, -0.25) is 0 Å². The lowest BCUT2D eigenvalue weighted by atomic mass is 10.0. The highest BCUT2D eigenvalue weighted by atomic mass is 19.1. The Labute approximate surface area is 119 Å². The predicted molar refractivity (Wildman–Crippen MR) is 79.0 cm³/mol. The van der Waals surface area contributed by atoms with Crippen LogP contribution in [-0.4, -0.2) is 16.5 Å². The van der Waals surface area contributed by atoms with Crippen LogP contribution in [-0.2, 0) is 6.42 Å². The number of hydrogen-bond acceptors (Lipinski definition) is 3. The summed E-state index contributed by atoms with van der Waals surface area (Å²) in [5.41, 5.74) is 10.3. The molecule has 0 aliphatic heterocycles. The van der Waals surface area contributed by atoms with E-state index in [0.29, 0.717) is 12.4 Å². The third-order valence-corrected chi connectivity index (χ3v) is 3.49. The Hall–Kier alpha value is -1.81. The van der Waals surface area contributed by atoms with Crippen LogP contribution < -0.4 is 5.73 Å². The molecule has 1 aromatic carbocycles. The van der Waals surface area contributed by atoms with Crippen LogP contribution in [0.2, 0.25) is 0 Å². The van der Waals surface area contributed by atoms with E-state index in [-0.39, 0.29) is 5.82 Å². The third-order valence-electron chi connectivity index (χ3n) is 3.49. The maximum absolute atomic E-state index is 13.4. The normalized spacial score (nSPS) is 10.8. The minimum absolute atomic E-state index is 0.267. The zero-order chi connectivity index (χ0) is 14.7. The smallest absolute Gasteiger partial charge is 0.159 e. The Kier molecular flexibility index (Phi) is 4.45. The van der Waals surface area contributed by atoms with E-state index in [1.807, 2.05) is 20.8 Å². The average Bonchev–Trinajstić information content (AvgIpc) is 2.40. The van der Waals surface area contributed by atoms with E-state index < -0.39 is 0 Å². The van der Waals surface area contributed by atoms with E-state index in [4.69, 9.17) is 5.73 Å². The van der Waals surface area contributed by atoms with Gasteiger partial charge in [0.25, 0.3) is 0 Å². The second kappa shape index (κ2) is 6.09. The molecule has 1 heterocycles. The van der Waals surface area contributed by atoms with Crippen molar-refractivity contribution in [2.75, 3.05) is 6.54 Å². The van der Waals surface area contributed by atoms with E-state index in [9.17, 15) is 4.39 Å². The van der Waals surface area contributed by atoms with E-state index in [1.54, 1.807) is 6.07 Å². The van der Waals surface area contributed by atoms with Gasteiger partial charge in [0, 0.05) is 17.0 Å². The van der Waals surface area contributed by atoms with Gasteiger partial charge in [0.1, 0.15) is 5.82 Å². The van der Waals surface area contributed by atoms with Gasteiger partial charge < -0.3 is 5.73 Å². The number of aryl methyl sites for hydroxylation is 3. The fraction of sp³-hybridized carbons (Fsp3) is 0.375. The lowest BCUT2D eigenvalue weighted by Crippen LogP contribution is -2.07. The van der Waals surface area contributed by atoms with Crippen molar-refractivity contribution in [3.05, 3.63) is 46.5 Å². The van der Waals surface area contributed by atoms with E-state index >= 15 is 0 Å². The number of halogens is 1. The lowest BCUT2D eigenvalue weighted by molar-refractivity contribution is 0.627. The van der Waals surface area contributed by atoms with Crippen molar-refractivity contribution in [1.29, 1.82) is 0 Å². The Morgan fingerprint density at radius 1 is 1.10 bits per heavy atom. The molecular weight excluding hydrogens is 253 g/mol. The van der Waals surface area contributed by atoms with E-state index in [1.165, 1.54) is 12.1 Å². The Morgan fingerprint density at radius 3 is 2.35 bits per heavy atom. The summed E-state index contributed by atoms with van der Waals surface area (Å²) in [6.07, 6.45) is 1.81. The Balaban J connectivity index is 2.46. The number of aromatic nitrogens is 2. The lowest BCUT2D eigenvalue weighted by Gasteiger charge is -2.12. The van der Waals surface area contributed by atoms with E-state index in [2.05, 4.69) is 9.97 Å². The first kappa shape index (κ1) is 14.6. The van der Waals surface area contributed by atoms with Crippen LogP contribution in [0.5, 0.6) is 0 Å². The Morgan fingerprint density at radius 2 is 1.75 bits per heavy atom. The highest BCUT2D eigenvalue weighted by molar-refractivity contribution is 5.60. The zero-order valence-corrected chi connectivity index (χ0v) is 12.2. The third kappa shape index (κ3) is 3.02. The summed E-state index contributed by atoms with van der Waals surface area (Å²) < 4.78 is 13.4. The molecule has 2 N–H and O–H groups in total. The SMILES string of the molecule is Cc1ccc(F)cc1-c1nc(C)c(CCCN)c(C)n1. The summed E-state index contributed by atoms with van der Waals surface area (Å²) in [6.45, 7) is 6.53. The predicted octanol–water partition coefficient (Wildman–Crippen LogP) is 3.10. The highest BCUT2D eigenvalue weighted by Crippen LogP contribution is 2.23. The molecule has 3 nitrogen and oxygen atoms in total. The van der Waals surface area contributed by atoms with Gasteiger partial charge in [-0.05, 0) is 63.4 Å². The minimum Gasteiger partial charge on any atom is -0.330 e. The van der Waals surface area contributed by atoms with Crippen molar-refractivity contribution < 1.29 is 4.39 Å². The van der Waals surface area contributed by atoms with E-state index in [0.717, 1.165) is 40.9 Å². The highest BCUT2D eigenvalue weighted by Gasteiger charge is 2.12. The molecule has 0 spiro atoms. The van der Waals surface area contributed by atoms with Gasteiger partial charge in [-0.15, -0.1) is 0 Å². The van der Waals surface area contributed by atoms with Crippen LogP contribution in [0.4, 0.5) is 4.39 Å². The van der Waals surface area contributed by atoms with Gasteiger partial charge in [-0.2, -0.15) is 0 Å². The summed E-state index contributed by atoms with van der Waals surface area (Å²) in [4.78, 5) is 9.08. The minimum atomic E-state index is -0.267. The molecule has 0 aliphatic rings. The molecule has 2 aromatic rings. The summed E-state index contributed by atoms with van der Waals surface area (Å²) in [7, 11) is 0. The maximum Gasteiger partial charge on any atom is 0.159 e. The quantitative estimate of drug-likeness (QED) is 0.931. The topological polar surface area (TPSA) is 51.8 Å². The van der Waals surface area contributed by atoms with Crippen molar-refractivity contribution in [2.24, 2.45) is 5.73 Å². The van der Waals surface area contributed by atoms with Crippen LogP contribution in [0, 0.1) is 26.6 Å². The number of rotatable bonds is 4. The molecule has 0 aliphatic carbocycles. The summed E-state index contributed by atoms with van der Waals surface area (Å²) in [5.74, 6) is 0.324. The van der Waals surface area contributed by atoms with Crippen molar-refractivity contribution >= 4 is 0 Å². The molecule has 106 valence electrons. The molecule has 0 saturated heterocycles. The summed E-state index contributed by atoms with van der Waals surface area (Å²) >= 11 is 0. The molecule has 0 fully saturated rings. The van der Waals surface area contributed by atoms with Crippen LogP contribution >= 0.6 is 0 Å². The molecule has 0 saturated carbocycles. The molecular formula is C16H20FN3. The van der Waals surface area contributed by atoms with Crippen LogP contribution in [0.15, 0.2) is 18.2 Å². The number of benzene rings is 1. The van der Waals surface area contributed by atoms with Crippen LogP contribution in [0.25, 0.3) is 11.4 Å². The number of nitrogens with two attached hydrogens (primary N) is 1. The molecule has 20 heavy (non-hydrogen) atoms. The molecule has 1 aromatic heterocycles. The standard InChI is InChI=1S/C16H20FN3/c1-10-6-7-13(17)9-15(10)16-19-11(2)14(5-4-8-18)12(3)20-16/h6-7,9H,4-5,8,18H2,1-3H3. The van der Waals surface area contributed by atoms with Crippen molar-refractivity contribution in [1.82, 2.24) is 9.97 Å². The second-order valence-corrected chi connectivity index (χ2v) is 5.05. The first-order chi connectivity index (χ1) is 9.52. The molecule has 0 amide bonds. The molecule has 2 rings (SSSR count). The second-order valence-electron chi connectivity index (χ2n) is 5.05. The maximum atomic E-state index is 13.4. The van der Waals surface area contributed by atoms with Crippen molar-refractivity contribution in [3.63, 3.8) is 0 Å². The fourth-order valence-electron chi connectivity index (χ4n) is 2.34. The average molecular weight is 273 g/mol. The molecule has 4 heteroatoms. The van der Waals surface area contributed by atoms with Crippen molar-refractivity contribution in [2.45, 2.75) is 33.6 Å². The zero-order valence-electron chi connectivity index (χ0n) is 12.2. The first-order valence-corrected chi connectivity index (χ1v) is 6.83. The van der Waals surface area contributed by atoms with Crippen LogP contribution in [0.3, 0.4) is 0 Å². The molecule has 0 unspecified atom stereocenters. The molecule has 0 atom stereocenters. The number of nitrogens with zero attached hydrogens (tertiary/aromatic N) is 2. The van der Waals surface area contributed by atoms with Crippen LogP contribution in [0.1, 0.15) is 28.9 Å². The summed E-state index contributed by atoms with van der Waals surface area (Å²) in [6, 6.07) is 4.69. The van der Waals surface area contributed by atoms with Gasteiger partial charge >= 0.3 is 0 Å². The summed E-state index contributed by atoms with van der Waals surface area (Å²) in [5, 5.41) is 0. The number of hydrogen-bond donors (Lipinski definition) is 1. The van der Waals surface area contributed by atoms with Gasteiger partial charge in [0.15, 0.2) is 5.82 Å². The molecule has 0 radical (unpaired) electrons. The van der Waals surface area contributed by atoms with Gasteiger partial charge in [0.2, 0.25) is 0 Å². The monoisotopic (exact) mass is 273 g/mol. The molecule has 0 bridgehead atoms. The largest absolute Gasteiger partial charge is 0.330 e. The fourth-order valence-corrected chi connectivity index (χ4v) is 2.34. The van der Waals surface area contributed by atoms with Gasteiger partial charge in [-0.1, -0.05) is 6.07 Å². The Bertz CT molecular complexity index is 600. The van der Waals surface area contributed by atoms with Crippen molar-refractivity contribution in [3.8, 4) is 11.4 Å². The van der Waals surface area contributed by atoms with Gasteiger partial charge in [-0.25, -0.2) is 14.4 Å². The first-order valence-electron chi connectivity index (χ1n) is 6.83. The van der Waals surface area contributed by atoms with Gasteiger partial charge in [0.05, 0.1) is 0 Å².